The molecule has 2 heterocycles. The third-order valence-corrected chi connectivity index (χ3v) is 4.83. The summed E-state index contributed by atoms with van der Waals surface area (Å²) in [6.07, 6.45) is 6.17. The van der Waals surface area contributed by atoms with Gasteiger partial charge in [-0.2, -0.15) is 0 Å². The average Bonchev–Trinajstić information content (AvgIpc) is 2.54. The van der Waals surface area contributed by atoms with E-state index >= 15 is 0 Å². The largest absolute Gasteiger partial charge is 0.375 e. The maximum absolute atomic E-state index is 6.03. The van der Waals surface area contributed by atoms with E-state index < -0.39 is 0 Å². The van der Waals surface area contributed by atoms with Crippen molar-refractivity contribution in [2.75, 3.05) is 30.5 Å². The molecule has 0 aromatic carbocycles. The Morgan fingerprint density at radius 1 is 1.33 bits per heavy atom. The summed E-state index contributed by atoms with van der Waals surface area (Å²) in [6.45, 7) is 5.24. The zero-order valence-electron chi connectivity index (χ0n) is 13.4. The molecule has 0 saturated carbocycles. The van der Waals surface area contributed by atoms with Gasteiger partial charge in [0.2, 0.25) is 0 Å². The number of rotatable bonds is 6. The van der Waals surface area contributed by atoms with E-state index in [4.69, 9.17) is 4.74 Å². The van der Waals surface area contributed by atoms with Crippen LogP contribution < -0.4 is 10.6 Å². The lowest BCUT2D eigenvalue weighted by Crippen LogP contribution is -2.43. The van der Waals surface area contributed by atoms with Crippen molar-refractivity contribution < 1.29 is 4.74 Å². The predicted octanol–water partition coefficient (Wildman–Crippen LogP) is 3.39. The first-order valence-electron chi connectivity index (χ1n) is 7.66. The molecule has 118 valence electrons. The van der Waals surface area contributed by atoms with E-state index in [1.807, 2.05) is 19.4 Å². The molecule has 21 heavy (non-hydrogen) atoms. The van der Waals surface area contributed by atoms with E-state index in [0.717, 1.165) is 49.1 Å². The van der Waals surface area contributed by atoms with Crippen LogP contribution in [0, 0.1) is 0 Å². The van der Waals surface area contributed by atoms with E-state index in [1.165, 1.54) is 0 Å². The molecule has 2 N–H and O–H groups in total. The molecule has 0 aliphatic carbocycles. The fraction of sp³-hybridized carbons (Fsp3) is 0.733. The van der Waals surface area contributed by atoms with Crippen LogP contribution in [0.25, 0.3) is 0 Å². The zero-order valence-corrected chi connectivity index (χ0v) is 14.2. The fourth-order valence-corrected chi connectivity index (χ4v) is 3.20. The number of hydrogen-bond acceptors (Lipinski definition) is 6. The van der Waals surface area contributed by atoms with E-state index in [9.17, 15) is 0 Å². The molecule has 1 saturated heterocycles. The number of ether oxygens (including phenoxy) is 1. The van der Waals surface area contributed by atoms with Gasteiger partial charge in [0.15, 0.2) is 5.16 Å². The average molecular weight is 310 g/mol. The lowest BCUT2D eigenvalue weighted by Gasteiger charge is -2.40. The van der Waals surface area contributed by atoms with Gasteiger partial charge in [0, 0.05) is 25.8 Å². The molecule has 0 bridgehead atoms. The molecule has 1 aromatic rings. The van der Waals surface area contributed by atoms with Crippen molar-refractivity contribution in [2.24, 2.45) is 0 Å². The third kappa shape index (κ3) is 4.01. The summed E-state index contributed by atoms with van der Waals surface area (Å²) < 4.78 is 6.03. The molecule has 1 atom stereocenters. The summed E-state index contributed by atoms with van der Waals surface area (Å²) in [5.41, 5.74) is 0.0249. The maximum atomic E-state index is 6.03. The van der Waals surface area contributed by atoms with Gasteiger partial charge in [-0.1, -0.05) is 25.6 Å². The summed E-state index contributed by atoms with van der Waals surface area (Å²) in [6, 6.07) is 2.38. The SMILES string of the molecule is CCC1(CC)CC(Nc2cc(NC)nc(SC)n2)CCO1. The molecule has 5 nitrogen and oxygen atoms in total. The Morgan fingerprint density at radius 2 is 2.05 bits per heavy atom. The smallest absolute Gasteiger partial charge is 0.191 e. The summed E-state index contributed by atoms with van der Waals surface area (Å²) in [7, 11) is 1.88. The minimum Gasteiger partial charge on any atom is -0.375 e. The lowest BCUT2D eigenvalue weighted by atomic mass is 9.86. The Morgan fingerprint density at radius 3 is 2.67 bits per heavy atom. The maximum Gasteiger partial charge on any atom is 0.191 e. The van der Waals surface area contributed by atoms with Crippen LogP contribution in [0.3, 0.4) is 0 Å². The monoisotopic (exact) mass is 310 g/mol. The van der Waals surface area contributed by atoms with Gasteiger partial charge >= 0.3 is 0 Å². The van der Waals surface area contributed by atoms with Gasteiger partial charge in [0.05, 0.1) is 5.60 Å². The van der Waals surface area contributed by atoms with E-state index in [2.05, 4.69) is 34.4 Å². The van der Waals surface area contributed by atoms with E-state index in [-0.39, 0.29) is 5.60 Å². The highest BCUT2D eigenvalue weighted by Gasteiger charge is 2.34. The van der Waals surface area contributed by atoms with Crippen molar-refractivity contribution >= 4 is 23.4 Å². The van der Waals surface area contributed by atoms with Crippen molar-refractivity contribution in [1.29, 1.82) is 0 Å². The lowest BCUT2D eigenvalue weighted by molar-refractivity contribution is -0.0864. The number of nitrogens with zero attached hydrogens (tertiary/aromatic N) is 2. The first kappa shape index (κ1) is 16.4. The van der Waals surface area contributed by atoms with Crippen LogP contribution in [-0.2, 0) is 4.74 Å². The standard InChI is InChI=1S/C15H26N4OS/c1-5-15(6-2)10-11(7-8-20-15)17-13-9-12(16-3)18-14(19-13)21-4/h9,11H,5-8,10H2,1-4H3,(H2,16,17,18,19). The molecule has 0 amide bonds. The quantitative estimate of drug-likeness (QED) is 0.620. The predicted molar refractivity (Wildman–Crippen MR) is 89.3 cm³/mol. The van der Waals surface area contributed by atoms with Crippen molar-refractivity contribution in [1.82, 2.24) is 9.97 Å². The summed E-state index contributed by atoms with van der Waals surface area (Å²) in [5, 5.41) is 7.44. The van der Waals surface area contributed by atoms with Crippen LogP contribution >= 0.6 is 11.8 Å². The van der Waals surface area contributed by atoms with Gasteiger partial charge in [-0.05, 0) is 31.9 Å². The first-order chi connectivity index (χ1) is 10.1. The first-order valence-corrected chi connectivity index (χ1v) is 8.88. The van der Waals surface area contributed by atoms with Crippen LogP contribution in [0.2, 0.25) is 0 Å². The Bertz CT molecular complexity index is 443. The molecular formula is C15H26N4OS. The Balaban J connectivity index is 2.10. The molecule has 0 radical (unpaired) electrons. The van der Waals surface area contributed by atoms with E-state index in [0.29, 0.717) is 6.04 Å². The van der Waals surface area contributed by atoms with E-state index in [1.54, 1.807) is 11.8 Å². The van der Waals surface area contributed by atoms with Crippen LogP contribution in [-0.4, -0.2) is 41.5 Å². The van der Waals surface area contributed by atoms with Crippen LogP contribution in [0.15, 0.2) is 11.2 Å². The number of aromatic nitrogens is 2. The van der Waals surface area contributed by atoms with Gasteiger partial charge in [-0.15, -0.1) is 0 Å². The van der Waals surface area contributed by atoms with Crippen LogP contribution in [0.5, 0.6) is 0 Å². The highest BCUT2D eigenvalue weighted by Crippen LogP contribution is 2.32. The molecule has 1 fully saturated rings. The molecule has 6 heteroatoms. The highest BCUT2D eigenvalue weighted by molar-refractivity contribution is 7.98. The number of anilines is 2. The van der Waals surface area contributed by atoms with Gasteiger partial charge in [-0.25, -0.2) is 9.97 Å². The molecule has 1 aliphatic rings. The van der Waals surface area contributed by atoms with Gasteiger partial charge in [-0.3, -0.25) is 0 Å². The Kier molecular flexibility index (Phi) is 5.70. The Hall–Kier alpha value is -1.01. The number of hydrogen-bond donors (Lipinski definition) is 2. The van der Waals surface area contributed by atoms with Gasteiger partial charge in [0.25, 0.3) is 0 Å². The van der Waals surface area contributed by atoms with Gasteiger partial charge in [0.1, 0.15) is 11.6 Å². The minimum atomic E-state index is 0.0249. The minimum absolute atomic E-state index is 0.0249. The van der Waals surface area contributed by atoms with Crippen molar-refractivity contribution in [3.05, 3.63) is 6.07 Å². The molecule has 1 aliphatic heterocycles. The highest BCUT2D eigenvalue weighted by atomic mass is 32.2. The van der Waals surface area contributed by atoms with Gasteiger partial charge < -0.3 is 15.4 Å². The fourth-order valence-electron chi connectivity index (χ4n) is 2.82. The number of nitrogens with one attached hydrogen (secondary N) is 2. The summed E-state index contributed by atoms with van der Waals surface area (Å²) in [4.78, 5) is 8.95. The molecule has 0 spiro atoms. The third-order valence-electron chi connectivity index (χ3n) is 4.28. The molecule has 1 aromatic heterocycles. The van der Waals surface area contributed by atoms with Crippen LogP contribution in [0.1, 0.15) is 39.5 Å². The second kappa shape index (κ2) is 7.31. The summed E-state index contributed by atoms with van der Waals surface area (Å²) in [5.74, 6) is 1.74. The van der Waals surface area contributed by atoms with Crippen molar-refractivity contribution in [3.63, 3.8) is 0 Å². The summed E-state index contributed by atoms with van der Waals surface area (Å²) >= 11 is 1.56. The normalized spacial score (nSPS) is 21.0. The van der Waals surface area contributed by atoms with Crippen LogP contribution in [0.4, 0.5) is 11.6 Å². The topological polar surface area (TPSA) is 59.1 Å². The molecular weight excluding hydrogens is 284 g/mol. The second-order valence-corrected chi connectivity index (χ2v) is 6.22. The zero-order chi connectivity index (χ0) is 15.3. The van der Waals surface area contributed by atoms with Crippen molar-refractivity contribution in [2.45, 2.75) is 56.3 Å². The molecule has 2 rings (SSSR count). The Labute approximate surface area is 131 Å². The second-order valence-electron chi connectivity index (χ2n) is 5.45. The van der Waals surface area contributed by atoms with Crippen molar-refractivity contribution in [3.8, 4) is 0 Å². The number of thioether (sulfide) groups is 1. The molecule has 1 unspecified atom stereocenters.